The van der Waals surface area contributed by atoms with Gasteiger partial charge in [-0.3, -0.25) is 0 Å². The third-order valence-corrected chi connectivity index (χ3v) is 4.32. The molecule has 0 aliphatic carbocycles. The fourth-order valence-electron chi connectivity index (χ4n) is 2.56. The van der Waals surface area contributed by atoms with Crippen molar-refractivity contribution in [2.24, 2.45) is 5.92 Å². The molecule has 0 saturated heterocycles. The Morgan fingerprint density at radius 1 is 1.24 bits per heavy atom. The summed E-state index contributed by atoms with van der Waals surface area (Å²) in [6, 6.07) is 8.83. The zero-order valence-electron chi connectivity index (χ0n) is 13.7. The largest absolute Gasteiger partial charge is 0.383 e. The van der Waals surface area contributed by atoms with Crippen LogP contribution in [0.25, 0.3) is 0 Å². The van der Waals surface area contributed by atoms with Crippen molar-refractivity contribution in [3.05, 3.63) is 34.3 Å². The van der Waals surface area contributed by atoms with Gasteiger partial charge in [-0.1, -0.05) is 48.0 Å². The predicted molar refractivity (Wildman–Crippen MR) is 93.7 cm³/mol. The summed E-state index contributed by atoms with van der Waals surface area (Å²) in [7, 11) is 3.80. The summed E-state index contributed by atoms with van der Waals surface area (Å²) in [6.45, 7) is 8.53. The molecule has 1 unspecified atom stereocenters. The summed E-state index contributed by atoms with van der Waals surface area (Å²) < 4.78 is 6.40. The molecule has 1 aromatic carbocycles. The molecule has 0 aliphatic rings. The minimum absolute atomic E-state index is 0.373. The molecule has 0 spiro atoms. The molecular weight excluding hydrogens is 328 g/mol. The molecule has 3 nitrogen and oxygen atoms in total. The highest BCUT2D eigenvalue weighted by Gasteiger charge is 2.15. The van der Waals surface area contributed by atoms with E-state index in [1.54, 1.807) is 7.11 Å². The van der Waals surface area contributed by atoms with Crippen molar-refractivity contribution in [3.8, 4) is 0 Å². The van der Waals surface area contributed by atoms with Gasteiger partial charge >= 0.3 is 0 Å². The van der Waals surface area contributed by atoms with Gasteiger partial charge in [0.25, 0.3) is 0 Å². The first-order valence-electron chi connectivity index (χ1n) is 7.71. The van der Waals surface area contributed by atoms with E-state index in [0.717, 1.165) is 32.7 Å². The van der Waals surface area contributed by atoms with Crippen LogP contribution in [0, 0.1) is 5.92 Å². The van der Waals surface area contributed by atoms with Crippen LogP contribution in [0.4, 0.5) is 0 Å². The topological polar surface area (TPSA) is 24.5 Å². The monoisotopic (exact) mass is 356 g/mol. The van der Waals surface area contributed by atoms with Crippen LogP contribution in [0.15, 0.2) is 28.7 Å². The highest BCUT2D eigenvalue weighted by atomic mass is 79.9. The number of hydrogen-bond donors (Lipinski definition) is 1. The third kappa shape index (κ3) is 6.92. The highest BCUT2D eigenvalue weighted by molar-refractivity contribution is 9.10. The lowest BCUT2D eigenvalue weighted by atomic mass is 10.0. The van der Waals surface area contributed by atoms with Crippen molar-refractivity contribution in [3.63, 3.8) is 0 Å². The van der Waals surface area contributed by atoms with E-state index in [4.69, 9.17) is 4.74 Å². The Morgan fingerprint density at radius 2 is 1.95 bits per heavy atom. The minimum atomic E-state index is 0.373. The summed E-state index contributed by atoms with van der Waals surface area (Å²) in [5.41, 5.74) is 1.33. The fourth-order valence-corrected chi connectivity index (χ4v) is 3.12. The first-order chi connectivity index (χ1) is 10.1. The van der Waals surface area contributed by atoms with Crippen molar-refractivity contribution in [2.45, 2.75) is 26.3 Å². The van der Waals surface area contributed by atoms with E-state index in [-0.39, 0.29) is 0 Å². The molecule has 1 rings (SSSR count). The number of nitrogens with zero attached hydrogens (tertiary/aromatic N) is 1. The average Bonchev–Trinajstić information content (AvgIpc) is 2.46. The van der Waals surface area contributed by atoms with Crippen molar-refractivity contribution in [1.82, 2.24) is 10.2 Å². The molecule has 120 valence electrons. The average molecular weight is 357 g/mol. The van der Waals surface area contributed by atoms with Gasteiger partial charge in [-0.15, -0.1) is 0 Å². The van der Waals surface area contributed by atoms with Crippen LogP contribution < -0.4 is 5.32 Å². The van der Waals surface area contributed by atoms with Crippen molar-refractivity contribution in [1.29, 1.82) is 0 Å². The summed E-state index contributed by atoms with van der Waals surface area (Å²) in [5, 5.41) is 3.44. The second kappa shape index (κ2) is 10.3. The minimum Gasteiger partial charge on any atom is -0.383 e. The Bertz CT molecular complexity index is 398. The molecule has 0 bridgehead atoms. The third-order valence-electron chi connectivity index (χ3n) is 3.60. The molecule has 0 amide bonds. The van der Waals surface area contributed by atoms with Gasteiger partial charge in [0.05, 0.1) is 6.61 Å². The maximum atomic E-state index is 5.23. The van der Waals surface area contributed by atoms with Gasteiger partial charge in [0, 0.05) is 37.3 Å². The van der Waals surface area contributed by atoms with Crippen molar-refractivity contribution >= 4 is 15.9 Å². The van der Waals surface area contributed by atoms with E-state index < -0.39 is 0 Å². The fraction of sp³-hybridized carbons (Fsp3) is 0.647. The Balaban J connectivity index is 2.60. The Morgan fingerprint density at radius 3 is 2.52 bits per heavy atom. The summed E-state index contributed by atoms with van der Waals surface area (Å²) in [6.07, 6.45) is 1.09. The number of rotatable bonds is 10. The molecule has 21 heavy (non-hydrogen) atoms. The van der Waals surface area contributed by atoms with Crippen LogP contribution in [0.1, 0.15) is 31.9 Å². The van der Waals surface area contributed by atoms with Gasteiger partial charge in [0.15, 0.2) is 0 Å². The molecule has 4 heteroatoms. The van der Waals surface area contributed by atoms with Gasteiger partial charge in [-0.25, -0.2) is 0 Å². The molecule has 0 fully saturated rings. The maximum Gasteiger partial charge on any atom is 0.0589 e. The first kappa shape index (κ1) is 18.6. The van der Waals surface area contributed by atoms with E-state index in [9.17, 15) is 0 Å². The molecule has 1 N–H and O–H groups in total. The van der Waals surface area contributed by atoms with Gasteiger partial charge in [-0.2, -0.15) is 0 Å². The number of hydrogen-bond acceptors (Lipinski definition) is 3. The van der Waals surface area contributed by atoms with Gasteiger partial charge < -0.3 is 15.0 Å². The van der Waals surface area contributed by atoms with Crippen LogP contribution in [0.3, 0.4) is 0 Å². The van der Waals surface area contributed by atoms with Gasteiger partial charge in [0.1, 0.15) is 0 Å². The second-order valence-corrected chi connectivity index (χ2v) is 6.69. The quantitative estimate of drug-likeness (QED) is 0.691. The van der Waals surface area contributed by atoms with Crippen LogP contribution in [-0.2, 0) is 4.74 Å². The molecule has 0 saturated carbocycles. The number of methoxy groups -OCH3 is 1. The summed E-state index contributed by atoms with van der Waals surface area (Å²) >= 11 is 3.65. The number of halogens is 1. The van der Waals surface area contributed by atoms with E-state index >= 15 is 0 Å². The van der Waals surface area contributed by atoms with E-state index in [1.807, 2.05) is 7.05 Å². The van der Waals surface area contributed by atoms with Crippen LogP contribution in [-0.4, -0.2) is 45.3 Å². The Kier molecular flexibility index (Phi) is 9.16. The summed E-state index contributed by atoms with van der Waals surface area (Å²) in [5.74, 6) is 0.679. The number of nitrogens with one attached hydrogen (secondary N) is 1. The van der Waals surface area contributed by atoms with E-state index in [1.165, 1.54) is 10.0 Å². The van der Waals surface area contributed by atoms with Crippen LogP contribution >= 0.6 is 15.9 Å². The SMILES string of the molecule is CNC(CCN(CCOC)CC(C)C)c1ccccc1Br. The van der Waals surface area contributed by atoms with E-state index in [0.29, 0.717) is 12.0 Å². The molecule has 0 aromatic heterocycles. The molecular formula is C17H29BrN2O. The lowest BCUT2D eigenvalue weighted by molar-refractivity contribution is 0.137. The molecule has 0 heterocycles. The maximum absolute atomic E-state index is 5.23. The van der Waals surface area contributed by atoms with Crippen molar-refractivity contribution < 1.29 is 4.74 Å². The summed E-state index contributed by atoms with van der Waals surface area (Å²) in [4.78, 5) is 2.50. The Labute approximate surface area is 138 Å². The normalized spacial score (nSPS) is 13.1. The Hall–Kier alpha value is -0.420. The lowest BCUT2D eigenvalue weighted by Gasteiger charge is -2.27. The van der Waals surface area contributed by atoms with Crippen molar-refractivity contribution in [2.75, 3.05) is 40.4 Å². The second-order valence-electron chi connectivity index (χ2n) is 5.84. The number of benzene rings is 1. The predicted octanol–water partition coefficient (Wildman–Crippen LogP) is 3.70. The van der Waals surface area contributed by atoms with Gasteiger partial charge in [0.2, 0.25) is 0 Å². The first-order valence-corrected chi connectivity index (χ1v) is 8.50. The van der Waals surface area contributed by atoms with Gasteiger partial charge in [-0.05, 0) is 31.0 Å². The zero-order chi connectivity index (χ0) is 15.7. The van der Waals surface area contributed by atoms with Crippen LogP contribution in [0.2, 0.25) is 0 Å². The lowest BCUT2D eigenvalue weighted by Crippen LogP contribution is -2.34. The standard InChI is InChI=1S/C17H29BrN2O/c1-14(2)13-20(11-12-21-4)10-9-17(19-3)15-7-5-6-8-16(15)18/h5-8,14,17,19H,9-13H2,1-4H3. The molecule has 1 atom stereocenters. The van der Waals surface area contributed by atoms with E-state index in [2.05, 4.69) is 64.3 Å². The zero-order valence-corrected chi connectivity index (χ0v) is 15.3. The molecule has 1 aromatic rings. The number of ether oxygens (including phenoxy) is 1. The smallest absolute Gasteiger partial charge is 0.0589 e. The van der Waals surface area contributed by atoms with Crippen LogP contribution in [0.5, 0.6) is 0 Å². The highest BCUT2D eigenvalue weighted by Crippen LogP contribution is 2.25. The molecule has 0 aliphatic heterocycles. The molecule has 0 radical (unpaired) electrons.